The highest BCUT2D eigenvalue weighted by molar-refractivity contribution is 5.99. The minimum Gasteiger partial charge on any atom is -0.370 e. The topological polar surface area (TPSA) is 79.2 Å². The molecule has 2 heterocycles. The first-order valence-corrected chi connectivity index (χ1v) is 7.19. The van der Waals surface area contributed by atoms with Crippen molar-refractivity contribution in [2.75, 3.05) is 13.1 Å². The van der Waals surface area contributed by atoms with Gasteiger partial charge in [0.05, 0.1) is 6.54 Å². The molecule has 110 valence electrons. The van der Waals surface area contributed by atoms with E-state index in [1.165, 1.54) is 0 Å². The van der Waals surface area contributed by atoms with E-state index in [-0.39, 0.29) is 17.7 Å². The average Bonchev–Trinajstić information content (AvgIpc) is 2.70. The van der Waals surface area contributed by atoms with Gasteiger partial charge in [-0.05, 0) is 39.3 Å². The van der Waals surface area contributed by atoms with Crippen molar-refractivity contribution in [2.24, 2.45) is 5.73 Å². The third-order valence-electron chi connectivity index (χ3n) is 3.98. The number of carbonyl (C=O) groups excluding carboxylic acids is 2. The number of amides is 1. The second-order valence-electron chi connectivity index (χ2n) is 5.70. The van der Waals surface area contributed by atoms with Crippen LogP contribution in [0.1, 0.15) is 47.4 Å². The predicted octanol–water partition coefficient (Wildman–Crippen LogP) is 1.54. The predicted molar refractivity (Wildman–Crippen MR) is 77.6 cm³/mol. The molecule has 5 nitrogen and oxygen atoms in total. The number of aromatic nitrogens is 1. The number of likely N-dealkylation sites (tertiary alicyclic amines) is 1. The number of nitrogens with two attached hydrogens (primary N) is 1. The fourth-order valence-electron chi connectivity index (χ4n) is 3.01. The molecule has 1 aliphatic rings. The highest BCUT2D eigenvalue weighted by Crippen LogP contribution is 2.20. The third kappa shape index (κ3) is 3.48. The van der Waals surface area contributed by atoms with E-state index in [1.807, 2.05) is 19.9 Å². The molecule has 1 atom stereocenters. The SMILES string of the molecule is Cc1cc(C(=O)CN2CCCC[C@H]2CC(N)=O)c(C)[nH]1. The molecule has 0 unspecified atom stereocenters. The Hall–Kier alpha value is -1.62. The zero-order valence-electron chi connectivity index (χ0n) is 12.2. The zero-order valence-corrected chi connectivity index (χ0v) is 12.2. The van der Waals surface area contributed by atoms with Gasteiger partial charge in [-0.1, -0.05) is 6.42 Å². The van der Waals surface area contributed by atoms with Crippen LogP contribution in [0.25, 0.3) is 0 Å². The van der Waals surface area contributed by atoms with Crippen molar-refractivity contribution in [3.8, 4) is 0 Å². The first-order chi connectivity index (χ1) is 9.47. The first-order valence-electron chi connectivity index (χ1n) is 7.19. The second kappa shape index (κ2) is 6.22. The Morgan fingerprint density at radius 3 is 2.75 bits per heavy atom. The molecule has 2 rings (SSSR count). The molecule has 3 N–H and O–H groups in total. The normalized spacial score (nSPS) is 20.0. The Morgan fingerprint density at radius 1 is 1.40 bits per heavy atom. The molecule has 0 bridgehead atoms. The highest BCUT2D eigenvalue weighted by atomic mass is 16.1. The number of ketones is 1. The van der Waals surface area contributed by atoms with Gasteiger partial charge in [0, 0.05) is 29.4 Å². The summed E-state index contributed by atoms with van der Waals surface area (Å²) in [7, 11) is 0. The van der Waals surface area contributed by atoms with E-state index in [0.29, 0.717) is 13.0 Å². The van der Waals surface area contributed by atoms with Gasteiger partial charge in [-0.25, -0.2) is 0 Å². The van der Waals surface area contributed by atoms with Crippen molar-refractivity contribution in [3.63, 3.8) is 0 Å². The quantitative estimate of drug-likeness (QED) is 0.801. The van der Waals surface area contributed by atoms with Crippen LogP contribution in [0, 0.1) is 13.8 Å². The largest absolute Gasteiger partial charge is 0.370 e. The molecule has 1 saturated heterocycles. The third-order valence-corrected chi connectivity index (χ3v) is 3.98. The van der Waals surface area contributed by atoms with Crippen molar-refractivity contribution in [2.45, 2.75) is 45.6 Å². The van der Waals surface area contributed by atoms with Crippen molar-refractivity contribution < 1.29 is 9.59 Å². The van der Waals surface area contributed by atoms with E-state index in [0.717, 1.165) is 42.8 Å². The number of aryl methyl sites for hydroxylation is 2. The van der Waals surface area contributed by atoms with Crippen LogP contribution in [-0.2, 0) is 4.79 Å². The van der Waals surface area contributed by atoms with Gasteiger partial charge in [-0.2, -0.15) is 0 Å². The monoisotopic (exact) mass is 277 g/mol. The minimum atomic E-state index is -0.289. The minimum absolute atomic E-state index is 0.114. The Labute approximate surface area is 119 Å². The van der Waals surface area contributed by atoms with Gasteiger partial charge in [-0.3, -0.25) is 14.5 Å². The molecule has 0 aliphatic carbocycles. The van der Waals surface area contributed by atoms with Crippen molar-refractivity contribution in [3.05, 3.63) is 23.0 Å². The number of piperidine rings is 1. The molecule has 1 amide bonds. The lowest BCUT2D eigenvalue weighted by atomic mass is 9.98. The van der Waals surface area contributed by atoms with Crippen LogP contribution in [0.15, 0.2) is 6.07 Å². The zero-order chi connectivity index (χ0) is 14.7. The average molecular weight is 277 g/mol. The molecule has 1 fully saturated rings. The Morgan fingerprint density at radius 2 is 2.15 bits per heavy atom. The van der Waals surface area contributed by atoms with Gasteiger partial charge in [0.2, 0.25) is 5.91 Å². The summed E-state index contributed by atoms with van der Waals surface area (Å²) in [5, 5.41) is 0. The number of aromatic amines is 1. The lowest BCUT2D eigenvalue weighted by molar-refractivity contribution is -0.119. The fraction of sp³-hybridized carbons (Fsp3) is 0.600. The molecule has 0 spiro atoms. The summed E-state index contributed by atoms with van der Waals surface area (Å²) in [6.45, 7) is 5.10. The maximum atomic E-state index is 12.4. The van der Waals surface area contributed by atoms with Crippen LogP contribution in [-0.4, -0.2) is 40.7 Å². The van der Waals surface area contributed by atoms with E-state index in [1.54, 1.807) is 0 Å². The van der Waals surface area contributed by atoms with E-state index in [9.17, 15) is 9.59 Å². The summed E-state index contributed by atoms with van der Waals surface area (Å²) < 4.78 is 0. The van der Waals surface area contributed by atoms with Gasteiger partial charge in [-0.15, -0.1) is 0 Å². The van der Waals surface area contributed by atoms with Crippen LogP contribution < -0.4 is 5.73 Å². The van der Waals surface area contributed by atoms with E-state index >= 15 is 0 Å². The van der Waals surface area contributed by atoms with Gasteiger partial charge < -0.3 is 10.7 Å². The maximum absolute atomic E-state index is 12.4. The maximum Gasteiger partial charge on any atom is 0.218 e. The Bertz CT molecular complexity index is 507. The summed E-state index contributed by atoms with van der Waals surface area (Å²) in [5.74, 6) is -0.175. The second-order valence-corrected chi connectivity index (χ2v) is 5.70. The molecule has 0 radical (unpaired) electrons. The number of nitrogens with zero attached hydrogens (tertiary/aromatic N) is 1. The molecule has 1 aliphatic heterocycles. The molecular formula is C15H23N3O2. The summed E-state index contributed by atoms with van der Waals surface area (Å²) >= 11 is 0. The molecule has 0 saturated carbocycles. The van der Waals surface area contributed by atoms with Crippen molar-refractivity contribution in [1.82, 2.24) is 9.88 Å². The highest BCUT2D eigenvalue weighted by Gasteiger charge is 2.26. The number of H-pyrrole nitrogens is 1. The Balaban J connectivity index is 2.04. The van der Waals surface area contributed by atoms with Crippen molar-refractivity contribution >= 4 is 11.7 Å². The summed E-state index contributed by atoms with van der Waals surface area (Å²) in [6.07, 6.45) is 3.47. The smallest absolute Gasteiger partial charge is 0.218 e. The number of hydrogen-bond acceptors (Lipinski definition) is 3. The molecule has 5 heteroatoms. The van der Waals surface area contributed by atoms with Crippen LogP contribution in [0.2, 0.25) is 0 Å². The lowest BCUT2D eigenvalue weighted by Crippen LogP contribution is -2.44. The van der Waals surface area contributed by atoms with Gasteiger partial charge in [0.15, 0.2) is 5.78 Å². The molecule has 0 aromatic carbocycles. The summed E-state index contributed by atoms with van der Waals surface area (Å²) in [5.41, 5.74) is 7.97. The summed E-state index contributed by atoms with van der Waals surface area (Å²) in [6, 6.07) is 2.01. The van der Waals surface area contributed by atoms with Gasteiger partial charge in [0.1, 0.15) is 0 Å². The number of Topliss-reactive ketones (excluding diaryl/α,β-unsaturated/α-hetero) is 1. The molecule has 1 aromatic rings. The molecule has 20 heavy (non-hydrogen) atoms. The molecular weight excluding hydrogens is 254 g/mol. The number of hydrogen-bond donors (Lipinski definition) is 2. The van der Waals surface area contributed by atoms with Crippen LogP contribution >= 0.6 is 0 Å². The molecule has 1 aromatic heterocycles. The van der Waals surface area contributed by atoms with Crippen molar-refractivity contribution in [1.29, 1.82) is 0 Å². The van der Waals surface area contributed by atoms with E-state index in [4.69, 9.17) is 5.73 Å². The number of rotatable bonds is 5. The van der Waals surface area contributed by atoms with Crippen LogP contribution in [0.4, 0.5) is 0 Å². The van der Waals surface area contributed by atoms with Crippen LogP contribution in [0.5, 0.6) is 0 Å². The first kappa shape index (κ1) is 14.8. The van der Waals surface area contributed by atoms with Crippen LogP contribution in [0.3, 0.4) is 0 Å². The van der Waals surface area contributed by atoms with E-state index in [2.05, 4.69) is 9.88 Å². The van der Waals surface area contributed by atoms with Gasteiger partial charge in [0.25, 0.3) is 0 Å². The fourth-order valence-corrected chi connectivity index (χ4v) is 3.01. The lowest BCUT2D eigenvalue weighted by Gasteiger charge is -2.34. The number of primary amides is 1. The number of nitrogens with one attached hydrogen (secondary N) is 1. The number of carbonyl (C=O) groups is 2. The summed E-state index contributed by atoms with van der Waals surface area (Å²) in [4.78, 5) is 28.8. The van der Waals surface area contributed by atoms with Gasteiger partial charge >= 0.3 is 0 Å². The van der Waals surface area contributed by atoms with E-state index < -0.39 is 0 Å². The Kier molecular flexibility index (Phi) is 4.60. The standard InChI is InChI=1S/C15H23N3O2/c1-10-7-13(11(2)17-10)14(19)9-18-6-4-3-5-12(18)8-15(16)20/h7,12,17H,3-6,8-9H2,1-2H3,(H2,16,20)/t12-/m0/s1.